The van der Waals surface area contributed by atoms with E-state index >= 15 is 0 Å². The van der Waals surface area contributed by atoms with Crippen molar-refractivity contribution in [3.05, 3.63) is 36.4 Å². The Bertz CT molecular complexity index is 497. The molecule has 0 aliphatic heterocycles. The highest BCUT2D eigenvalue weighted by Crippen LogP contribution is 2.28. The Morgan fingerprint density at radius 3 is 2.76 bits per heavy atom. The second kappa shape index (κ2) is 5.92. The molecule has 0 saturated carbocycles. The molecule has 90 valence electrons. The first kappa shape index (κ1) is 12.2. The van der Waals surface area contributed by atoms with Gasteiger partial charge in [0.25, 0.3) is 0 Å². The van der Waals surface area contributed by atoms with Gasteiger partial charge in [0.15, 0.2) is 0 Å². The number of alkyl halides is 1. The minimum Gasteiger partial charge on any atom is -0.494 e. The van der Waals surface area contributed by atoms with Crippen molar-refractivity contribution in [3.8, 4) is 11.5 Å². The van der Waals surface area contributed by atoms with Gasteiger partial charge in [-0.2, -0.15) is 0 Å². The zero-order valence-corrected chi connectivity index (χ0v) is 11.4. The van der Waals surface area contributed by atoms with E-state index in [4.69, 9.17) is 9.47 Å². The Morgan fingerprint density at radius 1 is 1.12 bits per heavy atom. The molecule has 2 aromatic rings. The van der Waals surface area contributed by atoms with Crippen LogP contribution in [0.2, 0.25) is 0 Å². The topological polar surface area (TPSA) is 18.5 Å². The van der Waals surface area contributed by atoms with Crippen LogP contribution in [0.15, 0.2) is 36.4 Å². The summed E-state index contributed by atoms with van der Waals surface area (Å²) in [5, 5.41) is 3.10. The molecule has 0 heterocycles. The molecule has 0 radical (unpaired) electrons. The number of fused-ring (bicyclic) bond motifs is 1. The van der Waals surface area contributed by atoms with Gasteiger partial charge in [-0.1, -0.05) is 28.1 Å². The van der Waals surface area contributed by atoms with Crippen LogP contribution in [-0.2, 0) is 0 Å². The molecular weight excluding hydrogens is 280 g/mol. The third-order valence-electron chi connectivity index (χ3n) is 2.46. The maximum atomic E-state index is 5.68. The predicted molar refractivity (Wildman–Crippen MR) is 74.4 cm³/mol. The predicted octanol–water partition coefficient (Wildman–Crippen LogP) is 4.01. The molecule has 2 rings (SSSR count). The molecule has 2 nitrogen and oxygen atoms in total. The van der Waals surface area contributed by atoms with E-state index in [9.17, 15) is 0 Å². The van der Waals surface area contributed by atoms with Gasteiger partial charge >= 0.3 is 0 Å². The minimum absolute atomic E-state index is 0.673. The van der Waals surface area contributed by atoms with Gasteiger partial charge in [0.05, 0.1) is 13.2 Å². The molecule has 0 aliphatic carbocycles. The second-order valence-electron chi connectivity index (χ2n) is 3.61. The number of rotatable bonds is 5. The van der Waals surface area contributed by atoms with Crippen molar-refractivity contribution in [1.82, 2.24) is 0 Å². The molecule has 0 fully saturated rings. The molecule has 17 heavy (non-hydrogen) atoms. The van der Waals surface area contributed by atoms with E-state index in [0.29, 0.717) is 13.2 Å². The summed E-state index contributed by atoms with van der Waals surface area (Å²) >= 11 is 3.36. The van der Waals surface area contributed by atoms with E-state index in [1.54, 1.807) is 0 Å². The van der Waals surface area contributed by atoms with Gasteiger partial charge in [0, 0.05) is 10.7 Å². The van der Waals surface area contributed by atoms with Crippen molar-refractivity contribution in [3.63, 3.8) is 0 Å². The van der Waals surface area contributed by atoms with Crippen molar-refractivity contribution in [1.29, 1.82) is 0 Å². The lowest BCUT2D eigenvalue weighted by Crippen LogP contribution is -1.98. The summed E-state index contributed by atoms with van der Waals surface area (Å²) in [5.74, 6) is 1.82. The quantitative estimate of drug-likeness (QED) is 0.776. The molecule has 0 bridgehead atoms. The standard InChI is InChI=1S/C14H15BrO2/c1-2-16-12-6-7-13-11(10-12)4-3-5-14(13)17-9-8-15/h3-7,10H,2,8-9H2,1H3. The Morgan fingerprint density at radius 2 is 2.00 bits per heavy atom. The smallest absolute Gasteiger partial charge is 0.127 e. The average Bonchev–Trinajstić information content (AvgIpc) is 2.36. The first-order chi connectivity index (χ1) is 8.35. The van der Waals surface area contributed by atoms with Gasteiger partial charge in [0.2, 0.25) is 0 Å². The van der Waals surface area contributed by atoms with Gasteiger partial charge < -0.3 is 9.47 Å². The second-order valence-corrected chi connectivity index (χ2v) is 4.40. The fourth-order valence-electron chi connectivity index (χ4n) is 1.76. The summed E-state index contributed by atoms with van der Waals surface area (Å²) in [6.07, 6.45) is 0. The summed E-state index contributed by atoms with van der Waals surface area (Å²) in [4.78, 5) is 0. The normalized spacial score (nSPS) is 10.5. The van der Waals surface area contributed by atoms with E-state index in [-0.39, 0.29) is 0 Å². The third-order valence-corrected chi connectivity index (χ3v) is 2.78. The third kappa shape index (κ3) is 2.91. The summed E-state index contributed by atoms with van der Waals surface area (Å²) < 4.78 is 11.2. The highest BCUT2D eigenvalue weighted by atomic mass is 79.9. The highest BCUT2D eigenvalue weighted by molar-refractivity contribution is 9.09. The van der Waals surface area contributed by atoms with Crippen LogP contribution in [0.4, 0.5) is 0 Å². The van der Waals surface area contributed by atoms with Crippen LogP contribution < -0.4 is 9.47 Å². The molecule has 0 spiro atoms. The van der Waals surface area contributed by atoms with Crippen molar-refractivity contribution in [2.45, 2.75) is 6.92 Å². The maximum absolute atomic E-state index is 5.68. The van der Waals surface area contributed by atoms with E-state index < -0.39 is 0 Å². The number of hydrogen-bond acceptors (Lipinski definition) is 2. The summed E-state index contributed by atoms with van der Waals surface area (Å²) in [7, 11) is 0. The molecule has 0 amide bonds. The molecule has 0 saturated heterocycles. The largest absolute Gasteiger partial charge is 0.494 e. The maximum Gasteiger partial charge on any atom is 0.127 e. The van der Waals surface area contributed by atoms with Crippen LogP contribution in [0.3, 0.4) is 0 Å². The molecule has 0 atom stereocenters. The van der Waals surface area contributed by atoms with Crippen LogP contribution in [0.1, 0.15) is 6.92 Å². The van der Waals surface area contributed by atoms with Crippen molar-refractivity contribution < 1.29 is 9.47 Å². The zero-order valence-electron chi connectivity index (χ0n) is 9.78. The van der Waals surface area contributed by atoms with Crippen molar-refractivity contribution >= 4 is 26.7 Å². The Balaban J connectivity index is 2.36. The zero-order chi connectivity index (χ0) is 12.1. The lowest BCUT2D eigenvalue weighted by molar-refractivity contribution is 0.340. The lowest BCUT2D eigenvalue weighted by atomic mass is 10.1. The van der Waals surface area contributed by atoms with Crippen LogP contribution >= 0.6 is 15.9 Å². The monoisotopic (exact) mass is 294 g/mol. The highest BCUT2D eigenvalue weighted by Gasteiger charge is 2.03. The van der Waals surface area contributed by atoms with Gasteiger partial charge in [0.1, 0.15) is 11.5 Å². The van der Waals surface area contributed by atoms with E-state index in [1.165, 1.54) is 0 Å². The van der Waals surface area contributed by atoms with Crippen LogP contribution in [-0.4, -0.2) is 18.5 Å². The average molecular weight is 295 g/mol. The Labute approximate surface area is 110 Å². The minimum atomic E-state index is 0.673. The summed E-state index contributed by atoms with van der Waals surface area (Å²) in [6, 6.07) is 12.1. The van der Waals surface area contributed by atoms with Crippen LogP contribution in [0.5, 0.6) is 11.5 Å². The van der Waals surface area contributed by atoms with E-state index in [0.717, 1.165) is 27.6 Å². The molecule has 0 aliphatic rings. The number of benzene rings is 2. The molecule has 0 N–H and O–H groups in total. The first-order valence-electron chi connectivity index (χ1n) is 5.69. The fraction of sp³-hybridized carbons (Fsp3) is 0.286. The Kier molecular flexibility index (Phi) is 4.26. The van der Waals surface area contributed by atoms with Crippen LogP contribution in [0.25, 0.3) is 10.8 Å². The number of ether oxygens (including phenoxy) is 2. The van der Waals surface area contributed by atoms with Gasteiger partial charge in [-0.3, -0.25) is 0 Å². The molecular formula is C14H15BrO2. The fourth-order valence-corrected chi connectivity index (χ4v) is 1.92. The van der Waals surface area contributed by atoms with Crippen LogP contribution in [0, 0.1) is 0 Å². The first-order valence-corrected chi connectivity index (χ1v) is 6.81. The Hall–Kier alpha value is -1.22. The number of hydrogen-bond donors (Lipinski definition) is 0. The molecule has 2 aromatic carbocycles. The SMILES string of the molecule is CCOc1ccc2c(OCCBr)cccc2c1. The summed E-state index contributed by atoms with van der Waals surface area (Å²) in [5.41, 5.74) is 0. The lowest BCUT2D eigenvalue weighted by Gasteiger charge is -2.09. The van der Waals surface area contributed by atoms with Crippen molar-refractivity contribution in [2.75, 3.05) is 18.5 Å². The van der Waals surface area contributed by atoms with Crippen molar-refractivity contribution in [2.24, 2.45) is 0 Å². The number of halogens is 1. The molecule has 3 heteroatoms. The summed E-state index contributed by atoms with van der Waals surface area (Å²) in [6.45, 7) is 3.34. The van der Waals surface area contributed by atoms with Gasteiger partial charge in [-0.25, -0.2) is 0 Å². The molecule has 0 unspecified atom stereocenters. The van der Waals surface area contributed by atoms with Gasteiger partial charge in [-0.15, -0.1) is 0 Å². The van der Waals surface area contributed by atoms with E-state index in [2.05, 4.69) is 22.0 Å². The van der Waals surface area contributed by atoms with Gasteiger partial charge in [-0.05, 0) is 36.6 Å². The molecule has 0 aromatic heterocycles. The van der Waals surface area contributed by atoms with E-state index in [1.807, 2.05) is 37.3 Å².